The van der Waals surface area contributed by atoms with Gasteiger partial charge in [0.05, 0.1) is 25.0 Å². The zero-order valence-electron chi connectivity index (χ0n) is 18.6. The summed E-state index contributed by atoms with van der Waals surface area (Å²) >= 11 is 0. The van der Waals surface area contributed by atoms with E-state index in [0.29, 0.717) is 30.0 Å². The molecule has 0 fully saturated rings. The molecule has 3 aromatic rings. The molecule has 33 heavy (non-hydrogen) atoms. The topological polar surface area (TPSA) is 75.7 Å². The molecule has 0 aromatic heterocycles. The van der Waals surface area contributed by atoms with Crippen molar-refractivity contribution in [1.29, 1.82) is 0 Å². The summed E-state index contributed by atoms with van der Waals surface area (Å²) in [5, 5.41) is 2.78. The van der Waals surface area contributed by atoms with Crippen molar-refractivity contribution in [1.82, 2.24) is 5.32 Å². The number of aryl methyl sites for hydroxylation is 1. The number of hydrogen-bond acceptors (Lipinski definition) is 4. The molecule has 0 bridgehead atoms. The van der Waals surface area contributed by atoms with E-state index in [4.69, 9.17) is 4.74 Å². The Labute approximate surface area is 194 Å². The van der Waals surface area contributed by atoms with Crippen molar-refractivity contribution < 1.29 is 22.3 Å². The second kappa shape index (κ2) is 11.0. The number of nitrogens with one attached hydrogen (secondary N) is 1. The number of amides is 1. The van der Waals surface area contributed by atoms with Gasteiger partial charge in [-0.1, -0.05) is 31.2 Å². The van der Waals surface area contributed by atoms with E-state index in [1.165, 1.54) is 34.1 Å². The summed E-state index contributed by atoms with van der Waals surface area (Å²) in [7, 11) is -3.59. The van der Waals surface area contributed by atoms with Crippen LogP contribution in [-0.2, 0) is 23.0 Å². The fourth-order valence-corrected chi connectivity index (χ4v) is 4.08. The number of nitrogens with zero attached hydrogens (tertiary/aromatic N) is 1. The molecule has 174 valence electrons. The second-order valence-electron chi connectivity index (χ2n) is 7.54. The molecule has 0 aliphatic carbocycles. The van der Waals surface area contributed by atoms with Gasteiger partial charge in [0.25, 0.3) is 5.91 Å². The summed E-state index contributed by atoms with van der Waals surface area (Å²) in [6, 6.07) is 19.7. The van der Waals surface area contributed by atoms with Crippen LogP contribution in [0.2, 0.25) is 0 Å². The Morgan fingerprint density at radius 3 is 2.12 bits per heavy atom. The number of benzene rings is 3. The Hall–Kier alpha value is -3.39. The number of sulfonamides is 1. The van der Waals surface area contributed by atoms with Crippen LogP contribution in [0.3, 0.4) is 0 Å². The van der Waals surface area contributed by atoms with E-state index in [9.17, 15) is 17.6 Å². The predicted molar refractivity (Wildman–Crippen MR) is 128 cm³/mol. The van der Waals surface area contributed by atoms with E-state index < -0.39 is 10.0 Å². The van der Waals surface area contributed by atoms with Crippen LogP contribution in [0, 0.1) is 5.82 Å². The fourth-order valence-electron chi connectivity index (χ4n) is 3.19. The van der Waals surface area contributed by atoms with Gasteiger partial charge < -0.3 is 10.1 Å². The normalized spacial score (nSPS) is 11.1. The quantitative estimate of drug-likeness (QED) is 0.452. The van der Waals surface area contributed by atoms with E-state index in [-0.39, 0.29) is 18.3 Å². The van der Waals surface area contributed by atoms with Gasteiger partial charge >= 0.3 is 0 Å². The first-order valence-corrected chi connectivity index (χ1v) is 12.4. The number of carbonyl (C=O) groups excluding carboxylic acids is 1. The Morgan fingerprint density at radius 1 is 0.939 bits per heavy atom. The molecule has 8 heteroatoms. The SMILES string of the molecule is CCc1ccc(OCCNC(=O)c2ccc(N(Cc3ccc(F)cc3)S(C)(=O)=O)cc2)cc1. The van der Waals surface area contributed by atoms with Crippen molar-refractivity contribution >= 4 is 21.6 Å². The fraction of sp³-hybridized carbons (Fsp3) is 0.240. The van der Waals surface area contributed by atoms with Crippen LogP contribution < -0.4 is 14.4 Å². The Kier molecular flexibility index (Phi) is 8.06. The molecular weight excluding hydrogens is 443 g/mol. The lowest BCUT2D eigenvalue weighted by atomic mass is 10.1. The zero-order valence-corrected chi connectivity index (χ0v) is 19.4. The smallest absolute Gasteiger partial charge is 0.251 e. The van der Waals surface area contributed by atoms with Gasteiger partial charge in [0, 0.05) is 5.56 Å². The lowest BCUT2D eigenvalue weighted by molar-refractivity contribution is 0.0947. The van der Waals surface area contributed by atoms with E-state index in [2.05, 4.69) is 12.2 Å². The van der Waals surface area contributed by atoms with Gasteiger partial charge in [0.2, 0.25) is 10.0 Å². The van der Waals surface area contributed by atoms with Crippen LogP contribution in [-0.4, -0.2) is 33.7 Å². The molecule has 0 heterocycles. The van der Waals surface area contributed by atoms with Gasteiger partial charge in [-0.05, 0) is 66.1 Å². The number of rotatable bonds is 10. The minimum Gasteiger partial charge on any atom is -0.492 e. The van der Waals surface area contributed by atoms with Gasteiger partial charge in [-0.3, -0.25) is 9.10 Å². The second-order valence-corrected chi connectivity index (χ2v) is 9.45. The van der Waals surface area contributed by atoms with Crippen LogP contribution in [0.25, 0.3) is 0 Å². The van der Waals surface area contributed by atoms with Crippen molar-refractivity contribution in [2.24, 2.45) is 0 Å². The van der Waals surface area contributed by atoms with Crippen molar-refractivity contribution in [3.05, 3.63) is 95.3 Å². The Balaban J connectivity index is 1.57. The van der Waals surface area contributed by atoms with Gasteiger partial charge in [0.15, 0.2) is 0 Å². The molecule has 1 amide bonds. The van der Waals surface area contributed by atoms with Crippen molar-refractivity contribution in [2.45, 2.75) is 19.9 Å². The number of carbonyl (C=O) groups is 1. The zero-order chi connectivity index (χ0) is 23.8. The maximum atomic E-state index is 13.1. The standard InChI is InChI=1S/C25H27FN2O4S/c1-3-19-6-14-24(15-7-19)32-17-16-27-25(29)21-8-12-23(13-9-21)28(33(2,30)31)18-20-4-10-22(26)11-5-20/h4-15H,3,16-18H2,1-2H3,(H,27,29). The van der Waals surface area contributed by atoms with Crippen LogP contribution >= 0.6 is 0 Å². The highest BCUT2D eigenvalue weighted by atomic mass is 32.2. The lowest BCUT2D eigenvalue weighted by Gasteiger charge is -2.22. The van der Waals surface area contributed by atoms with Gasteiger partial charge in [-0.15, -0.1) is 0 Å². The molecule has 0 aliphatic rings. The van der Waals surface area contributed by atoms with E-state index in [1.807, 2.05) is 24.3 Å². The number of ether oxygens (including phenoxy) is 1. The van der Waals surface area contributed by atoms with E-state index in [1.54, 1.807) is 24.3 Å². The van der Waals surface area contributed by atoms with Gasteiger partial charge in [-0.25, -0.2) is 12.8 Å². The maximum absolute atomic E-state index is 13.1. The van der Waals surface area contributed by atoms with Crippen LogP contribution in [0.1, 0.15) is 28.4 Å². The van der Waals surface area contributed by atoms with E-state index in [0.717, 1.165) is 18.4 Å². The molecule has 0 saturated heterocycles. The predicted octanol–water partition coefficient (Wildman–Crippen LogP) is 4.16. The Morgan fingerprint density at radius 2 is 1.55 bits per heavy atom. The van der Waals surface area contributed by atoms with Crippen LogP contribution in [0.4, 0.5) is 10.1 Å². The highest BCUT2D eigenvalue weighted by Gasteiger charge is 2.18. The highest BCUT2D eigenvalue weighted by molar-refractivity contribution is 7.92. The molecule has 0 aliphatic heterocycles. The Bertz CT molecular complexity index is 1160. The first-order valence-electron chi connectivity index (χ1n) is 10.6. The number of halogens is 1. The summed E-state index contributed by atoms with van der Waals surface area (Å²) in [5.74, 6) is 0.0727. The largest absolute Gasteiger partial charge is 0.492 e. The molecular formula is C25H27FN2O4S. The molecule has 1 N–H and O–H groups in total. The summed E-state index contributed by atoms with van der Waals surface area (Å²) < 4.78 is 44.6. The molecule has 3 rings (SSSR count). The molecule has 3 aromatic carbocycles. The third-order valence-electron chi connectivity index (χ3n) is 5.05. The summed E-state index contributed by atoms with van der Waals surface area (Å²) in [4.78, 5) is 12.4. The molecule has 0 radical (unpaired) electrons. The van der Waals surface area contributed by atoms with E-state index >= 15 is 0 Å². The van der Waals surface area contributed by atoms with Crippen LogP contribution in [0.5, 0.6) is 5.75 Å². The monoisotopic (exact) mass is 470 g/mol. The first kappa shape index (κ1) is 24.3. The minimum atomic E-state index is -3.59. The first-order chi connectivity index (χ1) is 15.8. The third-order valence-corrected chi connectivity index (χ3v) is 6.19. The molecule has 0 spiro atoms. The minimum absolute atomic E-state index is 0.0568. The molecule has 6 nitrogen and oxygen atoms in total. The average Bonchev–Trinajstić information content (AvgIpc) is 2.81. The maximum Gasteiger partial charge on any atom is 0.251 e. The molecule has 0 saturated carbocycles. The number of hydrogen-bond donors (Lipinski definition) is 1. The summed E-state index contributed by atoms with van der Waals surface area (Å²) in [6.45, 7) is 2.80. The molecule has 0 unspecified atom stereocenters. The average molecular weight is 471 g/mol. The molecule has 0 atom stereocenters. The van der Waals surface area contributed by atoms with Crippen molar-refractivity contribution in [3.8, 4) is 5.75 Å². The van der Waals surface area contributed by atoms with Crippen molar-refractivity contribution in [3.63, 3.8) is 0 Å². The third kappa shape index (κ3) is 7.05. The summed E-state index contributed by atoms with van der Waals surface area (Å²) in [6.07, 6.45) is 2.07. The summed E-state index contributed by atoms with van der Waals surface area (Å²) in [5.41, 5.74) is 2.69. The van der Waals surface area contributed by atoms with Crippen molar-refractivity contribution in [2.75, 3.05) is 23.7 Å². The highest BCUT2D eigenvalue weighted by Crippen LogP contribution is 2.21. The number of anilines is 1. The van der Waals surface area contributed by atoms with Gasteiger partial charge in [-0.2, -0.15) is 0 Å². The lowest BCUT2D eigenvalue weighted by Crippen LogP contribution is -2.30. The van der Waals surface area contributed by atoms with Gasteiger partial charge in [0.1, 0.15) is 18.2 Å². The van der Waals surface area contributed by atoms with Crippen LogP contribution in [0.15, 0.2) is 72.8 Å².